The van der Waals surface area contributed by atoms with E-state index in [1.807, 2.05) is 24.7 Å². The molecule has 0 spiro atoms. The fraction of sp³-hybridized carbons (Fsp3) is 0.419. The number of piperidine rings is 1. The van der Waals surface area contributed by atoms with Crippen LogP contribution in [0.1, 0.15) is 36.8 Å². The number of hydrogen-bond acceptors (Lipinski definition) is 8. The van der Waals surface area contributed by atoms with E-state index in [0.29, 0.717) is 23.5 Å². The van der Waals surface area contributed by atoms with Crippen molar-refractivity contribution in [1.29, 1.82) is 5.26 Å². The van der Waals surface area contributed by atoms with E-state index in [4.69, 9.17) is 14.5 Å². The van der Waals surface area contributed by atoms with Gasteiger partial charge in [-0.2, -0.15) is 10.4 Å². The Hall–Kier alpha value is -4.16. The van der Waals surface area contributed by atoms with Crippen LogP contribution in [0.4, 0.5) is 5.82 Å². The van der Waals surface area contributed by atoms with Gasteiger partial charge in [0.1, 0.15) is 17.6 Å². The molecule has 0 aromatic carbocycles. The van der Waals surface area contributed by atoms with Gasteiger partial charge in [-0.05, 0) is 61.3 Å². The predicted octanol–water partition coefficient (Wildman–Crippen LogP) is 4.31. The molecule has 4 atom stereocenters. The van der Waals surface area contributed by atoms with Gasteiger partial charge in [-0.1, -0.05) is 6.07 Å². The van der Waals surface area contributed by atoms with Gasteiger partial charge in [-0.25, -0.2) is 14.5 Å². The molecular formula is C31H31N7O2. The summed E-state index contributed by atoms with van der Waals surface area (Å²) in [5.41, 5.74) is 4.44. The van der Waals surface area contributed by atoms with Crippen LogP contribution in [-0.2, 0) is 6.54 Å². The van der Waals surface area contributed by atoms with Crippen molar-refractivity contribution in [1.82, 2.24) is 24.5 Å². The molecule has 4 unspecified atom stereocenters. The zero-order valence-electron chi connectivity index (χ0n) is 22.5. The van der Waals surface area contributed by atoms with Gasteiger partial charge in [0.2, 0.25) is 5.88 Å². The second kappa shape index (κ2) is 9.20. The van der Waals surface area contributed by atoms with Crippen molar-refractivity contribution >= 4 is 11.3 Å². The number of ether oxygens (including phenoxy) is 2. The van der Waals surface area contributed by atoms with Crippen molar-refractivity contribution in [3.8, 4) is 28.8 Å². The topological polar surface area (TPSA) is 91.8 Å². The standard InChI is InChI=1S/C31H31N7O2/c1-39-30-5-2-19(12-34-30)15-37-24-9-25(37)17-36(16-24)29-4-3-20(13-33-29)28-10-27(40-26-7-21-6-22(21)8-26)18-38-31(28)23(11-32)14-35-38/h2-5,10,12-14,18,21-22,24-26H,6-9,15-17H2,1H3. The van der Waals surface area contributed by atoms with Crippen molar-refractivity contribution in [3.63, 3.8) is 0 Å². The molecule has 9 heteroatoms. The molecule has 40 heavy (non-hydrogen) atoms. The van der Waals surface area contributed by atoms with E-state index in [9.17, 15) is 5.26 Å². The van der Waals surface area contributed by atoms with E-state index in [0.717, 1.165) is 72.5 Å². The molecule has 3 saturated heterocycles. The summed E-state index contributed by atoms with van der Waals surface area (Å²) >= 11 is 0. The van der Waals surface area contributed by atoms with Crippen molar-refractivity contribution in [2.24, 2.45) is 11.8 Å². The molecule has 3 aliphatic heterocycles. The first kappa shape index (κ1) is 23.7. The summed E-state index contributed by atoms with van der Waals surface area (Å²) in [6.07, 6.45) is 12.5. The molecule has 5 fully saturated rings. The zero-order chi connectivity index (χ0) is 26.8. The lowest BCUT2D eigenvalue weighted by Crippen LogP contribution is -2.68. The Bertz CT molecular complexity index is 1590. The quantitative estimate of drug-likeness (QED) is 0.347. The summed E-state index contributed by atoms with van der Waals surface area (Å²) in [6, 6.07) is 13.6. The Balaban J connectivity index is 1.00. The molecule has 4 aromatic heterocycles. The lowest BCUT2D eigenvalue weighted by Gasteiger charge is -2.56. The number of pyridine rings is 3. The van der Waals surface area contributed by atoms with Crippen LogP contribution in [0.3, 0.4) is 0 Å². The first-order valence-corrected chi connectivity index (χ1v) is 14.2. The van der Waals surface area contributed by atoms with Gasteiger partial charge in [0.25, 0.3) is 0 Å². The normalized spacial score (nSPS) is 26.7. The molecule has 4 aromatic rings. The molecular weight excluding hydrogens is 502 g/mol. The molecule has 2 aliphatic carbocycles. The molecule has 0 radical (unpaired) electrons. The number of anilines is 1. The minimum absolute atomic E-state index is 0.270. The first-order chi connectivity index (χ1) is 19.6. The highest BCUT2D eigenvalue weighted by molar-refractivity contribution is 5.85. The SMILES string of the molecule is COc1ccc(CN2C3CC2CN(c2ccc(-c4cc(OC5CC6CC6C5)cn5ncc(C#N)c45)cn2)C3)cn1. The lowest BCUT2D eigenvalue weighted by atomic mass is 9.87. The molecule has 5 aliphatic rings. The van der Waals surface area contributed by atoms with E-state index in [1.54, 1.807) is 17.8 Å². The summed E-state index contributed by atoms with van der Waals surface area (Å²) in [5.74, 6) is 4.15. The van der Waals surface area contributed by atoms with Gasteiger partial charge in [0.05, 0.1) is 36.7 Å². The maximum Gasteiger partial charge on any atom is 0.212 e. The van der Waals surface area contributed by atoms with E-state index in [-0.39, 0.29) is 6.10 Å². The number of hydrogen-bond donors (Lipinski definition) is 0. The van der Waals surface area contributed by atoms with Crippen molar-refractivity contribution in [2.45, 2.75) is 50.4 Å². The van der Waals surface area contributed by atoms with E-state index in [1.165, 1.54) is 18.4 Å². The Kier molecular flexibility index (Phi) is 5.45. The molecule has 9 nitrogen and oxygen atoms in total. The minimum atomic E-state index is 0.270. The molecule has 202 valence electrons. The molecule has 0 amide bonds. The monoisotopic (exact) mass is 533 g/mol. The van der Waals surface area contributed by atoms with Crippen molar-refractivity contribution in [3.05, 3.63) is 66.2 Å². The highest BCUT2D eigenvalue weighted by Crippen LogP contribution is 2.52. The molecule has 9 rings (SSSR count). The lowest BCUT2D eigenvalue weighted by molar-refractivity contribution is -0.00876. The smallest absolute Gasteiger partial charge is 0.212 e. The van der Waals surface area contributed by atoms with Gasteiger partial charge >= 0.3 is 0 Å². The highest BCUT2D eigenvalue weighted by Gasteiger charge is 2.47. The maximum absolute atomic E-state index is 9.74. The van der Waals surface area contributed by atoms with Crippen LogP contribution < -0.4 is 14.4 Å². The summed E-state index contributed by atoms with van der Waals surface area (Å²) in [4.78, 5) is 14.2. The average molecular weight is 534 g/mol. The van der Waals surface area contributed by atoms with E-state index >= 15 is 0 Å². The van der Waals surface area contributed by atoms with Crippen molar-refractivity contribution in [2.75, 3.05) is 25.1 Å². The third-order valence-corrected chi connectivity index (χ3v) is 9.31. The Labute approximate surface area is 233 Å². The maximum atomic E-state index is 9.74. The van der Waals surface area contributed by atoms with Crippen LogP contribution in [0, 0.1) is 23.2 Å². The summed E-state index contributed by atoms with van der Waals surface area (Å²) < 4.78 is 13.4. The fourth-order valence-corrected chi connectivity index (χ4v) is 7.11. The molecule has 0 N–H and O–H groups in total. The second-order valence-corrected chi connectivity index (χ2v) is 11.8. The fourth-order valence-electron chi connectivity index (χ4n) is 7.11. The summed E-state index contributed by atoms with van der Waals surface area (Å²) in [7, 11) is 1.64. The first-order valence-electron chi connectivity index (χ1n) is 14.2. The third kappa shape index (κ3) is 4.06. The third-order valence-electron chi connectivity index (χ3n) is 9.31. The van der Waals surface area contributed by atoms with Gasteiger partial charge in [-0.15, -0.1) is 0 Å². The van der Waals surface area contributed by atoms with Gasteiger partial charge in [-0.3, -0.25) is 4.90 Å². The number of aromatic nitrogens is 4. The number of fused-ring (bicyclic) bond motifs is 4. The number of nitrogens with zero attached hydrogens (tertiary/aromatic N) is 7. The van der Waals surface area contributed by atoms with Gasteiger partial charge in [0, 0.05) is 61.3 Å². The van der Waals surface area contributed by atoms with Gasteiger partial charge < -0.3 is 14.4 Å². The number of piperazine rings is 1. The van der Waals surface area contributed by atoms with Crippen LogP contribution >= 0.6 is 0 Å². The van der Waals surface area contributed by atoms with Crippen molar-refractivity contribution < 1.29 is 9.47 Å². The van der Waals surface area contributed by atoms with Crippen LogP contribution in [0.15, 0.2) is 55.1 Å². The molecule has 2 bridgehead atoms. The van der Waals surface area contributed by atoms with Crippen LogP contribution in [-0.4, -0.2) is 62.9 Å². The zero-order valence-corrected chi connectivity index (χ0v) is 22.5. The average Bonchev–Trinajstić information content (AvgIpc) is 3.39. The molecule has 2 saturated carbocycles. The number of methoxy groups -OCH3 is 1. The Morgan fingerprint density at radius 2 is 1.82 bits per heavy atom. The number of rotatable bonds is 7. The largest absolute Gasteiger partial charge is 0.489 e. The summed E-state index contributed by atoms with van der Waals surface area (Å²) in [5, 5.41) is 14.2. The number of nitriles is 1. The van der Waals surface area contributed by atoms with E-state index < -0.39 is 0 Å². The van der Waals surface area contributed by atoms with Crippen LogP contribution in [0.5, 0.6) is 11.6 Å². The Morgan fingerprint density at radius 3 is 2.52 bits per heavy atom. The predicted molar refractivity (Wildman–Crippen MR) is 149 cm³/mol. The van der Waals surface area contributed by atoms with Crippen LogP contribution in [0.25, 0.3) is 16.6 Å². The van der Waals surface area contributed by atoms with Crippen LogP contribution in [0.2, 0.25) is 0 Å². The second-order valence-electron chi connectivity index (χ2n) is 11.8. The highest BCUT2D eigenvalue weighted by atomic mass is 16.5. The summed E-state index contributed by atoms with van der Waals surface area (Å²) in [6.45, 7) is 2.84. The van der Waals surface area contributed by atoms with E-state index in [2.05, 4.69) is 50.2 Å². The molecule has 7 heterocycles. The van der Waals surface area contributed by atoms with Gasteiger partial charge in [0.15, 0.2) is 0 Å². The Morgan fingerprint density at radius 1 is 0.975 bits per heavy atom. The minimum Gasteiger partial charge on any atom is -0.489 e.